The predicted octanol–water partition coefficient (Wildman–Crippen LogP) is 1.25. The molecule has 1 saturated heterocycles. The van der Waals surface area contributed by atoms with Crippen LogP contribution in [0.2, 0.25) is 0 Å². The second-order valence-corrected chi connectivity index (χ2v) is 3.28. The molecule has 1 atom stereocenters. The first-order valence-corrected chi connectivity index (χ1v) is 4.72. The molecule has 0 saturated carbocycles. The summed E-state index contributed by atoms with van der Waals surface area (Å²) in [5, 5.41) is 0. The van der Waals surface area contributed by atoms with Gasteiger partial charge in [-0.15, -0.1) is 0 Å². The second-order valence-electron chi connectivity index (χ2n) is 3.28. The molecular weight excluding hydrogens is 196 g/mol. The molecule has 4 nitrogen and oxygen atoms in total. The molecule has 0 radical (unpaired) electrons. The lowest BCUT2D eigenvalue weighted by Crippen LogP contribution is -2.05. The van der Waals surface area contributed by atoms with Crippen molar-refractivity contribution in [2.24, 2.45) is 0 Å². The smallest absolute Gasteiger partial charge is 0.337 e. The first kappa shape index (κ1) is 9.98. The third kappa shape index (κ3) is 2.70. The Hall–Kier alpha value is -1.55. The summed E-state index contributed by atoms with van der Waals surface area (Å²) < 4.78 is 15.0. The maximum atomic E-state index is 11.1. The molecular formula is C11H12O4. The molecule has 0 spiro atoms. The van der Waals surface area contributed by atoms with Crippen LogP contribution in [0.1, 0.15) is 10.4 Å². The van der Waals surface area contributed by atoms with E-state index in [1.807, 2.05) is 0 Å². The van der Waals surface area contributed by atoms with Gasteiger partial charge in [0.25, 0.3) is 0 Å². The molecule has 0 N–H and O–H groups in total. The maximum Gasteiger partial charge on any atom is 0.337 e. The highest BCUT2D eigenvalue weighted by molar-refractivity contribution is 5.89. The number of hydrogen-bond acceptors (Lipinski definition) is 4. The van der Waals surface area contributed by atoms with Crippen molar-refractivity contribution in [3.8, 4) is 5.75 Å². The molecule has 4 heteroatoms. The SMILES string of the molecule is COC(=O)c1ccc(OC[C@@H]2CO2)cc1. The molecule has 15 heavy (non-hydrogen) atoms. The zero-order chi connectivity index (χ0) is 10.7. The van der Waals surface area contributed by atoms with Crippen LogP contribution in [-0.2, 0) is 9.47 Å². The topological polar surface area (TPSA) is 48.1 Å². The van der Waals surface area contributed by atoms with Crippen molar-refractivity contribution in [3.05, 3.63) is 29.8 Å². The normalized spacial score (nSPS) is 18.3. The van der Waals surface area contributed by atoms with Crippen LogP contribution < -0.4 is 4.74 Å². The number of esters is 1. The van der Waals surface area contributed by atoms with Crippen molar-refractivity contribution in [2.45, 2.75) is 6.10 Å². The van der Waals surface area contributed by atoms with E-state index in [1.165, 1.54) is 7.11 Å². The van der Waals surface area contributed by atoms with Gasteiger partial charge in [-0.3, -0.25) is 0 Å². The molecule has 1 heterocycles. The van der Waals surface area contributed by atoms with E-state index in [0.717, 1.165) is 12.4 Å². The van der Waals surface area contributed by atoms with E-state index in [1.54, 1.807) is 24.3 Å². The van der Waals surface area contributed by atoms with Gasteiger partial charge in [-0.1, -0.05) is 0 Å². The van der Waals surface area contributed by atoms with Crippen molar-refractivity contribution >= 4 is 5.97 Å². The zero-order valence-electron chi connectivity index (χ0n) is 8.43. The first-order valence-electron chi connectivity index (χ1n) is 4.72. The standard InChI is InChI=1S/C11H12O4/c1-13-11(12)8-2-4-9(5-3-8)14-6-10-7-15-10/h2-5,10H,6-7H2,1H3/t10-/m1/s1. The monoisotopic (exact) mass is 208 g/mol. The third-order valence-corrected chi connectivity index (χ3v) is 2.11. The fraction of sp³-hybridized carbons (Fsp3) is 0.364. The van der Waals surface area contributed by atoms with E-state index in [9.17, 15) is 4.79 Å². The molecule has 2 rings (SSSR count). The maximum absolute atomic E-state index is 11.1. The quantitative estimate of drug-likeness (QED) is 0.552. The lowest BCUT2D eigenvalue weighted by molar-refractivity contribution is 0.0600. The van der Waals surface area contributed by atoms with Crippen LogP contribution >= 0.6 is 0 Å². The number of carbonyl (C=O) groups is 1. The number of methoxy groups -OCH3 is 1. The third-order valence-electron chi connectivity index (χ3n) is 2.11. The molecule has 0 amide bonds. The van der Waals surface area contributed by atoms with Gasteiger partial charge in [0.2, 0.25) is 0 Å². The Balaban J connectivity index is 1.93. The average molecular weight is 208 g/mol. The highest BCUT2D eigenvalue weighted by atomic mass is 16.6. The van der Waals surface area contributed by atoms with E-state index in [4.69, 9.17) is 9.47 Å². The van der Waals surface area contributed by atoms with Crippen molar-refractivity contribution in [1.82, 2.24) is 0 Å². The van der Waals surface area contributed by atoms with Gasteiger partial charge in [-0.2, -0.15) is 0 Å². The van der Waals surface area contributed by atoms with Gasteiger partial charge in [0, 0.05) is 0 Å². The Kier molecular flexibility index (Phi) is 2.87. The van der Waals surface area contributed by atoms with Crippen LogP contribution in [0.5, 0.6) is 5.75 Å². The highest BCUT2D eigenvalue weighted by Crippen LogP contribution is 2.16. The molecule has 0 aromatic heterocycles. The Bertz CT molecular complexity index is 340. The van der Waals surface area contributed by atoms with E-state index in [-0.39, 0.29) is 12.1 Å². The fourth-order valence-electron chi connectivity index (χ4n) is 1.16. The van der Waals surface area contributed by atoms with Crippen molar-refractivity contribution < 1.29 is 19.0 Å². The molecule has 0 bridgehead atoms. The van der Waals surface area contributed by atoms with Gasteiger partial charge < -0.3 is 14.2 Å². The summed E-state index contributed by atoms with van der Waals surface area (Å²) in [6.45, 7) is 1.35. The average Bonchev–Trinajstić information content (AvgIpc) is 3.10. The van der Waals surface area contributed by atoms with Crippen LogP contribution in [0.15, 0.2) is 24.3 Å². The second kappa shape index (κ2) is 4.31. The van der Waals surface area contributed by atoms with Crippen LogP contribution in [0.3, 0.4) is 0 Å². The van der Waals surface area contributed by atoms with Crippen molar-refractivity contribution in [2.75, 3.05) is 20.3 Å². The molecule has 0 unspecified atom stereocenters. The van der Waals surface area contributed by atoms with Crippen molar-refractivity contribution in [3.63, 3.8) is 0 Å². The molecule has 80 valence electrons. The number of benzene rings is 1. The number of epoxide rings is 1. The number of rotatable bonds is 4. The summed E-state index contributed by atoms with van der Waals surface area (Å²) in [5.74, 6) is 0.394. The van der Waals surface area contributed by atoms with E-state index in [2.05, 4.69) is 4.74 Å². The van der Waals surface area contributed by atoms with Crippen LogP contribution in [0, 0.1) is 0 Å². The highest BCUT2D eigenvalue weighted by Gasteiger charge is 2.22. The molecule has 1 fully saturated rings. The summed E-state index contributed by atoms with van der Waals surface area (Å²) in [7, 11) is 1.36. The van der Waals surface area contributed by atoms with Gasteiger partial charge in [-0.25, -0.2) is 4.79 Å². The van der Waals surface area contributed by atoms with Crippen LogP contribution in [0.25, 0.3) is 0 Å². The van der Waals surface area contributed by atoms with Gasteiger partial charge in [-0.05, 0) is 24.3 Å². The zero-order valence-corrected chi connectivity index (χ0v) is 8.43. The molecule has 1 aliphatic rings. The van der Waals surface area contributed by atoms with E-state index >= 15 is 0 Å². The van der Waals surface area contributed by atoms with E-state index in [0.29, 0.717) is 12.2 Å². The van der Waals surface area contributed by atoms with Gasteiger partial charge in [0.1, 0.15) is 18.5 Å². The Morgan fingerprint density at radius 3 is 2.67 bits per heavy atom. The first-order chi connectivity index (χ1) is 7.29. The Morgan fingerprint density at radius 2 is 2.13 bits per heavy atom. The molecule has 0 aliphatic carbocycles. The summed E-state index contributed by atoms with van der Waals surface area (Å²) in [6.07, 6.45) is 0.241. The summed E-state index contributed by atoms with van der Waals surface area (Å²) in [5.41, 5.74) is 0.521. The molecule has 1 aromatic rings. The molecule has 1 aliphatic heterocycles. The minimum absolute atomic E-state index is 0.241. The largest absolute Gasteiger partial charge is 0.491 e. The number of carbonyl (C=O) groups excluding carboxylic acids is 1. The van der Waals surface area contributed by atoms with Gasteiger partial charge in [0.15, 0.2) is 0 Å². The number of hydrogen-bond donors (Lipinski definition) is 0. The van der Waals surface area contributed by atoms with E-state index < -0.39 is 0 Å². The number of ether oxygens (including phenoxy) is 3. The summed E-state index contributed by atoms with van der Waals surface area (Å²) in [4.78, 5) is 11.1. The minimum Gasteiger partial charge on any atom is -0.491 e. The fourth-order valence-corrected chi connectivity index (χ4v) is 1.16. The minimum atomic E-state index is -0.341. The lowest BCUT2D eigenvalue weighted by atomic mass is 10.2. The van der Waals surface area contributed by atoms with Gasteiger partial charge in [0.05, 0.1) is 19.3 Å². The van der Waals surface area contributed by atoms with Gasteiger partial charge >= 0.3 is 5.97 Å². The Morgan fingerprint density at radius 1 is 1.47 bits per heavy atom. The van der Waals surface area contributed by atoms with Crippen LogP contribution in [-0.4, -0.2) is 32.4 Å². The Labute approximate surface area is 87.8 Å². The predicted molar refractivity (Wildman–Crippen MR) is 53.0 cm³/mol. The van der Waals surface area contributed by atoms with Crippen molar-refractivity contribution in [1.29, 1.82) is 0 Å². The summed E-state index contributed by atoms with van der Waals surface area (Å²) in [6, 6.07) is 6.84. The van der Waals surface area contributed by atoms with Crippen LogP contribution in [0.4, 0.5) is 0 Å². The summed E-state index contributed by atoms with van der Waals surface area (Å²) >= 11 is 0. The lowest BCUT2D eigenvalue weighted by Gasteiger charge is -2.04. The molecule has 1 aromatic carbocycles.